The van der Waals surface area contributed by atoms with E-state index in [9.17, 15) is 5.26 Å². The van der Waals surface area contributed by atoms with Crippen LogP contribution in [0.5, 0.6) is 0 Å². The molecule has 1 N–H and O–H groups in total. The summed E-state index contributed by atoms with van der Waals surface area (Å²) in [5.74, 6) is 1.53. The summed E-state index contributed by atoms with van der Waals surface area (Å²) in [5.41, 5.74) is -0.302. The molecule has 110 valence electrons. The average Bonchev–Trinajstić information content (AvgIpc) is 2.97. The van der Waals surface area contributed by atoms with E-state index in [0.717, 1.165) is 25.0 Å². The minimum absolute atomic E-state index is 0.302. The number of hydrogen-bond donors (Lipinski definition) is 1. The minimum atomic E-state index is -0.302. The SMILES string of the molecule is CC(C)NC1(C#N)CCCC1CCSc1cnn(C)c1. The third kappa shape index (κ3) is 3.56. The summed E-state index contributed by atoms with van der Waals surface area (Å²) in [6.45, 7) is 4.25. The van der Waals surface area contributed by atoms with E-state index in [2.05, 4.69) is 30.3 Å². The monoisotopic (exact) mass is 292 g/mol. The van der Waals surface area contributed by atoms with E-state index in [1.165, 1.54) is 11.3 Å². The number of aryl methyl sites for hydroxylation is 1. The summed E-state index contributed by atoms with van der Waals surface area (Å²) < 4.78 is 1.83. The van der Waals surface area contributed by atoms with Crippen LogP contribution < -0.4 is 5.32 Å². The van der Waals surface area contributed by atoms with Gasteiger partial charge >= 0.3 is 0 Å². The van der Waals surface area contributed by atoms with Crippen molar-refractivity contribution in [2.45, 2.75) is 56.0 Å². The molecule has 1 saturated carbocycles. The predicted molar refractivity (Wildman–Crippen MR) is 82.5 cm³/mol. The van der Waals surface area contributed by atoms with E-state index in [1.54, 1.807) is 0 Å². The fourth-order valence-corrected chi connectivity index (χ4v) is 4.13. The molecule has 5 heteroatoms. The molecule has 1 heterocycles. The summed E-state index contributed by atoms with van der Waals surface area (Å²) in [6.07, 6.45) is 8.36. The van der Waals surface area contributed by atoms with Crippen molar-refractivity contribution in [2.75, 3.05) is 5.75 Å². The Morgan fingerprint density at radius 1 is 1.65 bits per heavy atom. The Hall–Kier alpha value is -0.990. The van der Waals surface area contributed by atoms with Gasteiger partial charge in [0.25, 0.3) is 0 Å². The van der Waals surface area contributed by atoms with Gasteiger partial charge < -0.3 is 0 Å². The number of rotatable bonds is 6. The van der Waals surface area contributed by atoms with E-state index >= 15 is 0 Å². The molecule has 2 rings (SSSR count). The van der Waals surface area contributed by atoms with Crippen molar-refractivity contribution in [3.05, 3.63) is 12.4 Å². The van der Waals surface area contributed by atoms with Gasteiger partial charge in [0.1, 0.15) is 5.54 Å². The third-order valence-electron chi connectivity index (χ3n) is 3.98. The first kappa shape index (κ1) is 15.4. The molecule has 1 fully saturated rings. The van der Waals surface area contributed by atoms with Gasteiger partial charge in [0.15, 0.2) is 0 Å². The normalized spacial score (nSPS) is 26.1. The van der Waals surface area contributed by atoms with E-state index in [1.807, 2.05) is 35.9 Å². The number of thioether (sulfide) groups is 1. The Kier molecular flexibility index (Phi) is 5.11. The first-order valence-electron chi connectivity index (χ1n) is 7.36. The van der Waals surface area contributed by atoms with Gasteiger partial charge in [-0.1, -0.05) is 6.42 Å². The molecule has 0 saturated heterocycles. The van der Waals surface area contributed by atoms with E-state index in [4.69, 9.17) is 0 Å². The molecule has 0 aromatic carbocycles. The van der Waals surface area contributed by atoms with Gasteiger partial charge in [0.05, 0.1) is 12.3 Å². The molecule has 1 aliphatic rings. The molecule has 1 aliphatic carbocycles. The van der Waals surface area contributed by atoms with Crippen molar-refractivity contribution >= 4 is 11.8 Å². The minimum Gasteiger partial charge on any atom is -0.297 e. The lowest BCUT2D eigenvalue weighted by molar-refractivity contribution is 0.289. The van der Waals surface area contributed by atoms with E-state index < -0.39 is 0 Å². The molecular weight excluding hydrogens is 268 g/mol. The van der Waals surface area contributed by atoms with Crippen molar-refractivity contribution in [2.24, 2.45) is 13.0 Å². The molecule has 4 nitrogen and oxygen atoms in total. The quantitative estimate of drug-likeness (QED) is 0.819. The highest BCUT2D eigenvalue weighted by Crippen LogP contribution is 2.39. The molecular formula is C15H24N4S. The summed E-state index contributed by atoms with van der Waals surface area (Å²) in [5, 5.41) is 17.3. The van der Waals surface area contributed by atoms with Crippen LogP contribution in [0.4, 0.5) is 0 Å². The maximum absolute atomic E-state index is 9.62. The lowest BCUT2D eigenvalue weighted by atomic mass is 9.86. The Bertz CT molecular complexity index is 476. The fraction of sp³-hybridized carbons (Fsp3) is 0.733. The summed E-state index contributed by atoms with van der Waals surface area (Å²) in [7, 11) is 1.94. The van der Waals surface area contributed by atoms with Gasteiger partial charge in [-0.25, -0.2) is 0 Å². The molecule has 0 radical (unpaired) electrons. The largest absolute Gasteiger partial charge is 0.297 e. The van der Waals surface area contributed by atoms with E-state index in [0.29, 0.717) is 12.0 Å². The van der Waals surface area contributed by atoms with Crippen LogP contribution in [0.15, 0.2) is 17.3 Å². The smallest absolute Gasteiger partial charge is 0.109 e. The van der Waals surface area contributed by atoms with Gasteiger partial charge in [-0.2, -0.15) is 10.4 Å². The number of nitrogens with zero attached hydrogens (tertiary/aromatic N) is 3. The molecule has 0 aliphatic heterocycles. The van der Waals surface area contributed by atoms with E-state index in [-0.39, 0.29) is 5.54 Å². The Balaban J connectivity index is 1.89. The summed E-state index contributed by atoms with van der Waals surface area (Å²) in [6, 6.07) is 2.94. The Morgan fingerprint density at radius 2 is 2.45 bits per heavy atom. The van der Waals surface area contributed by atoms with Crippen LogP contribution in [0, 0.1) is 17.2 Å². The zero-order chi connectivity index (χ0) is 14.6. The molecule has 0 bridgehead atoms. The molecule has 1 aromatic rings. The second kappa shape index (κ2) is 6.64. The van der Waals surface area contributed by atoms with Crippen LogP contribution in [0.2, 0.25) is 0 Å². The fourth-order valence-electron chi connectivity index (χ4n) is 3.15. The third-order valence-corrected chi connectivity index (χ3v) is 4.97. The first-order valence-corrected chi connectivity index (χ1v) is 8.35. The van der Waals surface area contributed by atoms with Crippen molar-refractivity contribution in [1.82, 2.24) is 15.1 Å². The highest BCUT2D eigenvalue weighted by atomic mass is 32.2. The lowest BCUT2D eigenvalue weighted by Crippen LogP contribution is -2.50. The van der Waals surface area contributed by atoms with Crippen molar-refractivity contribution in [1.29, 1.82) is 5.26 Å². The standard InChI is InChI=1S/C15H24N4S/c1-12(2)18-15(11-16)7-4-5-13(15)6-8-20-14-9-17-19(3)10-14/h9-10,12-13,18H,4-8H2,1-3H3. The number of hydrogen-bond acceptors (Lipinski definition) is 4. The zero-order valence-corrected chi connectivity index (χ0v) is 13.4. The van der Waals surface area contributed by atoms with Crippen molar-refractivity contribution in [3.63, 3.8) is 0 Å². The van der Waals surface area contributed by atoms with Crippen LogP contribution >= 0.6 is 11.8 Å². The molecule has 0 spiro atoms. The maximum Gasteiger partial charge on any atom is 0.109 e. The van der Waals surface area contributed by atoms with Gasteiger partial charge in [0, 0.05) is 24.2 Å². The van der Waals surface area contributed by atoms with Crippen LogP contribution in [0.3, 0.4) is 0 Å². The molecule has 0 amide bonds. The topological polar surface area (TPSA) is 53.6 Å². The second-order valence-electron chi connectivity index (χ2n) is 5.96. The van der Waals surface area contributed by atoms with Gasteiger partial charge in [-0.15, -0.1) is 11.8 Å². The highest BCUT2D eigenvalue weighted by Gasteiger charge is 2.42. The van der Waals surface area contributed by atoms with Gasteiger partial charge in [-0.3, -0.25) is 10.00 Å². The molecule has 20 heavy (non-hydrogen) atoms. The van der Waals surface area contributed by atoms with Gasteiger partial charge in [-0.05, 0) is 44.8 Å². The lowest BCUT2D eigenvalue weighted by Gasteiger charge is -2.32. The predicted octanol–water partition coefficient (Wildman–Crippen LogP) is 2.96. The second-order valence-corrected chi connectivity index (χ2v) is 7.13. The maximum atomic E-state index is 9.62. The van der Waals surface area contributed by atoms with Crippen LogP contribution in [-0.4, -0.2) is 27.1 Å². The van der Waals surface area contributed by atoms with Crippen molar-refractivity contribution < 1.29 is 0 Å². The molecule has 1 aromatic heterocycles. The number of aromatic nitrogens is 2. The molecule has 2 unspecified atom stereocenters. The van der Waals surface area contributed by atoms with Crippen LogP contribution in [0.1, 0.15) is 39.5 Å². The molecule has 2 atom stereocenters. The van der Waals surface area contributed by atoms with Gasteiger partial charge in [0.2, 0.25) is 0 Å². The van der Waals surface area contributed by atoms with Crippen LogP contribution in [0.25, 0.3) is 0 Å². The number of nitrogens with one attached hydrogen (secondary N) is 1. The number of nitriles is 1. The first-order chi connectivity index (χ1) is 9.55. The summed E-state index contributed by atoms with van der Waals surface area (Å²) >= 11 is 1.84. The average molecular weight is 292 g/mol. The Morgan fingerprint density at radius 3 is 3.05 bits per heavy atom. The van der Waals surface area contributed by atoms with Crippen molar-refractivity contribution in [3.8, 4) is 6.07 Å². The highest BCUT2D eigenvalue weighted by molar-refractivity contribution is 7.99. The zero-order valence-electron chi connectivity index (χ0n) is 12.6. The summed E-state index contributed by atoms with van der Waals surface area (Å²) in [4.78, 5) is 1.21. The van der Waals surface area contributed by atoms with Crippen LogP contribution in [-0.2, 0) is 7.05 Å². The Labute approximate surface area is 125 Å².